The fourth-order valence-electron chi connectivity index (χ4n) is 1.50. The monoisotopic (exact) mass is 231 g/mol. The Morgan fingerprint density at radius 1 is 1.06 bits per heavy atom. The van der Waals surface area contributed by atoms with Crippen molar-refractivity contribution < 1.29 is 0 Å². The summed E-state index contributed by atoms with van der Waals surface area (Å²) in [5.74, 6) is 0.637. The molecule has 4 N–H and O–H groups in total. The maximum Gasteiger partial charge on any atom is 0.225 e. The van der Waals surface area contributed by atoms with Crippen LogP contribution in [-0.2, 0) is 6.42 Å². The molecule has 0 unspecified atom stereocenters. The highest BCUT2D eigenvalue weighted by Crippen LogP contribution is 2.20. The van der Waals surface area contributed by atoms with E-state index in [1.54, 1.807) is 0 Å². The van der Waals surface area contributed by atoms with Gasteiger partial charge in [-0.25, -0.2) is 0 Å². The van der Waals surface area contributed by atoms with Gasteiger partial charge in [0, 0.05) is 5.56 Å². The molecular weight excluding hydrogens is 218 g/mol. The Kier molecular flexibility index (Phi) is 2.82. The number of anilines is 2. The van der Waals surface area contributed by atoms with Gasteiger partial charge in [-0.15, -0.1) is 0 Å². The molecule has 0 bridgehead atoms. The van der Waals surface area contributed by atoms with Gasteiger partial charge in [-0.2, -0.15) is 25.1 Å². The molecule has 2 aromatic rings. The summed E-state index contributed by atoms with van der Waals surface area (Å²) in [5.41, 5.74) is 13.5. The first kappa shape index (κ1) is 11.2. The second-order valence-electron chi connectivity index (χ2n) is 3.58. The Morgan fingerprint density at radius 3 is 2.29 bits per heavy atom. The average molecular weight is 231 g/mol. The second kappa shape index (κ2) is 4.28. The maximum atomic E-state index is 5.55. The minimum Gasteiger partial charge on any atom is -0.368 e. The lowest BCUT2D eigenvalue weighted by atomic mass is 10.1. The van der Waals surface area contributed by atoms with Crippen LogP contribution in [0.15, 0.2) is 6.07 Å². The summed E-state index contributed by atoms with van der Waals surface area (Å²) < 4.78 is 0. The van der Waals surface area contributed by atoms with Gasteiger partial charge in [0.05, 0.1) is 11.4 Å². The molecule has 0 saturated carbocycles. The molecule has 0 aromatic carbocycles. The lowest BCUT2D eigenvalue weighted by molar-refractivity contribution is 0.890. The van der Waals surface area contributed by atoms with Crippen molar-refractivity contribution in [3.8, 4) is 11.4 Å². The quantitative estimate of drug-likeness (QED) is 0.766. The minimum absolute atomic E-state index is 0.101. The second-order valence-corrected chi connectivity index (χ2v) is 3.58. The van der Waals surface area contributed by atoms with E-state index in [2.05, 4.69) is 25.1 Å². The molecule has 7 heteroatoms. The van der Waals surface area contributed by atoms with Gasteiger partial charge in [-0.05, 0) is 19.4 Å². The molecule has 0 aliphatic heterocycles. The van der Waals surface area contributed by atoms with Crippen molar-refractivity contribution in [2.75, 3.05) is 11.5 Å². The van der Waals surface area contributed by atoms with E-state index in [4.69, 9.17) is 11.5 Å². The fourth-order valence-corrected chi connectivity index (χ4v) is 1.50. The topological polar surface area (TPSA) is 116 Å². The lowest BCUT2D eigenvalue weighted by Crippen LogP contribution is -2.06. The van der Waals surface area contributed by atoms with Crippen LogP contribution in [0.3, 0.4) is 0 Å². The molecule has 2 rings (SSSR count). The first-order chi connectivity index (χ1) is 8.10. The molecule has 0 fully saturated rings. The Morgan fingerprint density at radius 2 is 1.71 bits per heavy atom. The van der Waals surface area contributed by atoms with Gasteiger partial charge in [-0.1, -0.05) is 6.92 Å². The van der Waals surface area contributed by atoms with Gasteiger partial charge < -0.3 is 11.5 Å². The molecule has 7 nitrogen and oxygen atoms in total. The predicted molar refractivity (Wildman–Crippen MR) is 63.8 cm³/mol. The third kappa shape index (κ3) is 2.27. The molecule has 88 valence electrons. The zero-order chi connectivity index (χ0) is 12.4. The van der Waals surface area contributed by atoms with Crippen molar-refractivity contribution in [2.24, 2.45) is 0 Å². The van der Waals surface area contributed by atoms with E-state index < -0.39 is 0 Å². The van der Waals surface area contributed by atoms with Gasteiger partial charge in [0.1, 0.15) is 0 Å². The number of nitrogens with zero attached hydrogens (tertiary/aromatic N) is 5. The summed E-state index contributed by atoms with van der Waals surface area (Å²) in [4.78, 5) is 11.9. The van der Waals surface area contributed by atoms with E-state index in [1.807, 2.05) is 19.9 Å². The SMILES string of the molecule is CCc1nnc(C)cc1-c1nc(N)nc(N)n1. The lowest BCUT2D eigenvalue weighted by Gasteiger charge is -2.06. The Labute approximate surface area is 98.3 Å². The van der Waals surface area contributed by atoms with Gasteiger partial charge >= 0.3 is 0 Å². The Hall–Kier alpha value is -2.31. The van der Waals surface area contributed by atoms with Crippen LogP contribution in [-0.4, -0.2) is 25.1 Å². The highest BCUT2D eigenvalue weighted by atomic mass is 15.1. The molecule has 0 radical (unpaired) electrons. The van der Waals surface area contributed by atoms with Crippen LogP contribution >= 0.6 is 0 Å². The van der Waals surface area contributed by atoms with Crippen molar-refractivity contribution >= 4 is 11.9 Å². The summed E-state index contributed by atoms with van der Waals surface area (Å²) in [7, 11) is 0. The highest BCUT2D eigenvalue weighted by Gasteiger charge is 2.11. The standard InChI is InChI=1S/C10H13N7/c1-3-7-6(4-5(2)16-17-7)8-13-9(11)15-10(12)14-8/h4H,3H2,1-2H3,(H4,11,12,13,14,15). The summed E-state index contributed by atoms with van der Waals surface area (Å²) in [6.45, 7) is 3.83. The van der Waals surface area contributed by atoms with Crippen molar-refractivity contribution in [3.05, 3.63) is 17.5 Å². The number of hydrogen-bond acceptors (Lipinski definition) is 7. The van der Waals surface area contributed by atoms with Crippen molar-refractivity contribution in [3.63, 3.8) is 0 Å². The normalized spacial score (nSPS) is 10.5. The largest absolute Gasteiger partial charge is 0.368 e. The van der Waals surface area contributed by atoms with Gasteiger partial charge in [-0.3, -0.25) is 0 Å². The minimum atomic E-state index is 0.101. The highest BCUT2D eigenvalue weighted by molar-refractivity contribution is 5.60. The van der Waals surface area contributed by atoms with E-state index in [-0.39, 0.29) is 11.9 Å². The Bertz CT molecular complexity index is 532. The summed E-state index contributed by atoms with van der Waals surface area (Å²) in [6, 6.07) is 1.86. The molecule has 0 atom stereocenters. The van der Waals surface area contributed by atoms with E-state index >= 15 is 0 Å². The Balaban J connectivity index is 2.62. The summed E-state index contributed by atoms with van der Waals surface area (Å²) in [6.07, 6.45) is 0.730. The predicted octanol–water partition coefficient (Wildman–Crippen LogP) is 0.364. The van der Waals surface area contributed by atoms with Crippen molar-refractivity contribution in [2.45, 2.75) is 20.3 Å². The van der Waals surface area contributed by atoms with Gasteiger partial charge in [0.2, 0.25) is 11.9 Å². The van der Waals surface area contributed by atoms with Crippen LogP contribution in [0.1, 0.15) is 18.3 Å². The van der Waals surface area contributed by atoms with E-state index in [0.717, 1.165) is 23.4 Å². The molecule has 0 aliphatic carbocycles. The zero-order valence-corrected chi connectivity index (χ0v) is 9.68. The first-order valence-electron chi connectivity index (χ1n) is 5.20. The van der Waals surface area contributed by atoms with Crippen LogP contribution < -0.4 is 11.5 Å². The van der Waals surface area contributed by atoms with Crippen LogP contribution in [0.25, 0.3) is 11.4 Å². The van der Waals surface area contributed by atoms with Gasteiger partial charge in [0.15, 0.2) is 5.82 Å². The number of hydrogen-bond donors (Lipinski definition) is 2. The molecular formula is C10H13N7. The molecule has 0 spiro atoms. The zero-order valence-electron chi connectivity index (χ0n) is 9.68. The molecule has 0 amide bonds. The number of aryl methyl sites for hydroxylation is 2. The fraction of sp³-hybridized carbons (Fsp3) is 0.300. The van der Waals surface area contributed by atoms with Crippen LogP contribution in [0.5, 0.6) is 0 Å². The molecule has 17 heavy (non-hydrogen) atoms. The van der Waals surface area contributed by atoms with Crippen LogP contribution in [0.4, 0.5) is 11.9 Å². The number of aromatic nitrogens is 5. The third-order valence-corrected chi connectivity index (χ3v) is 2.24. The van der Waals surface area contributed by atoms with E-state index in [9.17, 15) is 0 Å². The molecule has 2 heterocycles. The third-order valence-electron chi connectivity index (χ3n) is 2.24. The van der Waals surface area contributed by atoms with Crippen molar-refractivity contribution in [1.29, 1.82) is 0 Å². The smallest absolute Gasteiger partial charge is 0.225 e. The molecule has 2 aromatic heterocycles. The number of rotatable bonds is 2. The van der Waals surface area contributed by atoms with Crippen molar-refractivity contribution in [1.82, 2.24) is 25.1 Å². The molecule has 0 aliphatic rings. The van der Waals surface area contributed by atoms with Crippen LogP contribution in [0.2, 0.25) is 0 Å². The van der Waals surface area contributed by atoms with E-state index in [0.29, 0.717) is 5.82 Å². The number of nitrogen functional groups attached to an aromatic ring is 2. The van der Waals surface area contributed by atoms with E-state index in [1.165, 1.54) is 0 Å². The first-order valence-corrected chi connectivity index (χ1v) is 5.20. The maximum absolute atomic E-state index is 5.55. The molecule has 0 saturated heterocycles. The summed E-state index contributed by atoms with van der Waals surface area (Å²) >= 11 is 0. The average Bonchev–Trinajstić information content (AvgIpc) is 2.27. The van der Waals surface area contributed by atoms with Crippen LogP contribution in [0, 0.1) is 6.92 Å². The van der Waals surface area contributed by atoms with Gasteiger partial charge in [0.25, 0.3) is 0 Å². The number of nitrogens with two attached hydrogens (primary N) is 2. The summed E-state index contributed by atoms with van der Waals surface area (Å²) in [5, 5.41) is 8.10.